The number of halogens is 1. The van der Waals surface area contributed by atoms with Crippen LogP contribution in [0.2, 0.25) is 0 Å². The van der Waals surface area contributed by atoms with Gasteiger partial charge in [-0.1, -0.05) is 26.0 Å². The Morgan fingerprint density at radius 2 is 2.00 bits per heavy atom. The van der Waals surface area contributed by atoms with E-state index in [9.17, 15) is 19.1 Å². The summed E-state index contributed by atoms with van der Waals surface area (Å²) in [5.74, 6) is -0.328. The minimum Gasteiger partial charge on any atom is -0.494 e. The van der Waals surface area contributed by atoms with E-state index < -0.39 is 17.8 Å². The van der Waals surface area contributed by atoms with Crippen LogP contribution in [-0.2, 0) is 27.2 Å². The van der Waals surface area contributed by atoms with Crippen molar-refractivity contribution in [2.24, 2.45) is 5.92 Å². The van der Waals surface area contributed by atoms with E-state index in [1.807, 2.05) is 0 Å². The highest BCUT2D eigenvalue weighted by Crippen LogP contribution is 2.29. The number of aryl methyl sites for hydroxylation is 2. The summed E-state index contributed by atoms with van der Waals surface area (Å²) in [6, 6.07) is 7.68. The summed E-state index contributed by atoms with van der Waals surface area (Å²) >= 11 is 0. The van der Waals surface area contributed by atoms with Gasteiger partial charge in [0.2, 0.25) is 5.91 Å². The fourth-order valence-electron chi connectivity index (χ4n) is 4.74. The number of hydrogen-bond acceptors (Lipinski definition) is 6. The molecule has 2 heterocycles. The van der Waals surface area contributed by atoms with Crippen LogP contribution in [0.5, 0.6) is 5.75 Å². The number of rotatable bonds is 16. The van der Waals surface area contributed by atoms with Gasteiger partial charge < -0.3 is 24.8 Å². The van der Waals surface area contributed by atoms with Crippen LogP contribution < -0.4 is 10.1 Å². The van der Waals surface area contributed by atoms with E-state index in [1.165, 1.54) is 29.7 Å². The van der Waals surface area contributed by atoms with Crippen LogP contribution in [0.4, 0.5) is 10.2 Å². The monoisotopic (exact) mass is 543 g/mol. The van der Waals surface area contributed by atoms with Gasteiger partial charge in [-0.15, -0.1) is 0 Å². The summed E-state index contributed by atoms with van der Waals surface area (Å²) in [6.07, 6.45) is 5.12. The lowest BCUT2D eigenvalue weighted by Gasteiger charge is -2.32. The third-order valence-corrected chi connectivity index (χ3v) is 6.97. The van der Waals surface area contributed by atoms with Crippen LogP contribution in [-0.4, -0.2) is 60.3 Å². The van der Waals surface area contributed by atoms with E-state index in [0.29, 0.717) is 24.5 Å². The van der Waals surface area contributed by atoms with Crippen LogP contribution in [0.3, 0.4) is 0 Å². The maximum atomic E-state index is 14.5. The Labute approximate surface area is 230 Å². The van der Waals surface area contributed by atoms with Gasteiger partial charge in [0.05, 0.1) is 26.2 Å². The number of unbranched alkanes of at least 4 members (excludes halogenated alkanes) is 1. The molecule has 0 saturated heterocycles. The maximum Gasteiger partial charge on any atom is 0.305 e. The molecular formula is C30H42FN3O5. The number of benzene rings is 1. The number of aliphatic carboxylic acids is 1. The lowest BCUT2D eigenvalue weighted by atomic mass is 10.00. The van der Waals surface area contributed by atoms with E-state index >= 15 is 0 Å². The zero-order valence-electron chi connectivity index (χ0n) is 23.4. The highest BCUT2D eigenvalue weighted by molar-refractivity contribution is 5.78. The SMILES string of the molecule is COc1ccc([C@H](CC(=O)O)N(CCOCCC(C)C)C(=O)CCCCc2ccc3c(n2)NCCC3)cc1F. The largest absolute Gasteiger partial charge is 0.494 e. The lowest BCUT2D eigenvalue weighted by Crippen LogP contribution is -2.38. The van der Waals surface area contributed by atoms with Crippen LogP contribution >= 0.6 is 0 Å². The molecule has 1 aromatic heterocycles. The summed E-state index contributed by atoms with van der Waals surface area (Å²) in [5, 5.41) is 13.0. The van der Waals surface area contributed by atoms with Crippen molar-refractivity contribution in [3.8, 4) is 5.75 Å². The number of nitrogens with one attached hydrogen (secondary N) is 1. The van der Waals surface area contributed by atoms with E-state index in [4.69, 9.17) is 14.5 Å². The van der Waals surface area contributed by atoms with Crippen LogP contribution in [0.25, 0.3) is 0 Å². The minimum atomic E-state index is -1.07. The number of pyridine rings is 1. The van der Waals surface area contributed by atoms with Crippen molar-refractivity contribution < 1.29 is 28.6 Å². The van der Waals surface area contributed by atoms with Crippen molar-refractivity contribution in [1.82, 2.24) is 9.88 Å². The number of anilines is 1. The highest BCUT2D eigenvalue weighted by Gasteiger charge is 2.28. The van der Waals surface area contributed by atoms with Gasteiger partial charge in [-0.05, 0) is 73.8 Å². The lowest BCUT2D eigenvalue weighted by molar-refractivity contribution is -0.141. The van der Waals surface area contributed by atoms with Crippen LogP contribution in [0.15, 0.2) is 30.3 Å². The number of aromatic nitrogens is 1. The van der Waals surface area contributed by atoms with Gasteiger partial charge in [-0.2, -0.15) is 0 Å². The summed E-state index contributed by atoms with van der Waals surface area (Å²) in [7, 11) is 1.37. The van der Waals surface area contributed by atoms with Gasteiger partial charge in [0.1, 0.15) is 5.82 Å². The molecule has 1 aliphatic rings. The second kappa shape index (κ2) is 15.4. The molecule has 1 aromatic carbocycles. The third-order valence-electron chi connectivity index (χ3n) is 6.97. The molecule has 39 heavy (non-hydrogen) atoms. The van der Waals surface area contributed by atoms with E-state index in [2.05, 4.69) is 31.3 Å². The first-order valence-electron chi connectivity index (χ1n) is 13.9. The molecular weight excluding hydrogens is 501 g/mol. The predicted octanol–water partition coefficient (Wildman–Crippen LogP) is 5.41. The number of ether oxygens (including phenoxy) is 2. The van der Waals surface area contributed by atoms with Crippen LogP contribution in [0.1, 0.15) is 75.2 Å². The molecule has 1 amide bonds. The van der Waals surface area contributed by atoms with E-state index in [1.54, 1.807) is 6.07 Å². The molecule has 0 radical (unpaired) electrons. The fourth-order valence-corrected chi connectivity index (χ4v) is 4.74. The first-order chi connectivity index (χ1) is 18.8. The Morgan fingerprint density at radius 1 is 1.18 bits per heavy atom. The zero-order valence-corrected chi connectivity index (χ0v) is 23.4. The smallest absolute Gasteiger partial charge is 0.305 e. The molecule has 0 bridgehead atoms. The zero-order chi connectivity index (χ0) is 28.2. The number of amides is 1. The van der Waals surface area contributed by atoms with Gasteiger partial charge in [0.15, 0.2) is 11.6 Å². The molecule has 1 aliphatic heterocycles. The number of hydrogen-bond donors (Lipinski definition) is 2. The quantitative estimate of drug-likeness (QED) is 0.273. The van der Waals surface area contributed by atoms with Crippen molar-refractivity contribution in [3.05, 3.63) is 53.0 Å². The first kappa shape index (κ1) is 30.3. The molecule has 2 aromatic rings. The van der Waals surface area contributed by atoms with Crippen molar-refractivity contribution in [3.63, 3.8) is 0 Å². The van der Waals surface area contributed by atoms with Crippen molar-refractivity contribution in [2.45, 2.75) is 71.3 Å². The van der Waals surface area contributed by atoms with Crippen molar-refractivity contribution in [2.75, 3.05) is 38.7 Å². The molecule has 0 fully saturated rings. The van der Waals surface area contributed by atoms with Gasteiger partial charge in [-0.25, -0.2) is 9.37 Å². The minimum absolute atomic E-state index is 0.0636. The van der Waals surface area contributed by atoms with Gasteiger partial charge in [-0.3, -0.25) is 9.59 Å². The Bertz CT molecular complexity index is 1090. The third kappa shape index (κ3) is 9.49. The molecule has 8 nitrogen and oxygen atoms in total. The number of carboxylic acids is 1. The fraction of sp³-hybridized carbons (Fsp3) is 0.567. The number of carboxylic acid groups (broad SMARTS) is 1. The Kier molecular flexibility index (Phi) is 12.0. The molecule has 0 spiro atoms. The number of methoxy groups -OCH3 is 1. The number of carbonyl (C=O) groups is 2. The van der Waals surface area contributed by atoms with E-state index in [0.717, 1.165) is 50.2 Å². The molecule has 1 atom stereocenters. The average Bonchev–Trinajstić information content (AvgIpc) is 2.91. The first-order valence-corrected chi connectivity index (χ1v) is 13.9. The number of carbonyl (C=O) groups excluding carboxylic acids is 1. The topological polar surface area (TPSA) is 101 Å². The molecule has 0 saturated carbocycles. The summed E-state index contributed by atoms with van der Waals surface area (Å²) in [5.41, 5.74) is 2.64. The number of fused-ring (bicyclic) bond motifs is 1. The molecule has 0 unspecified atom stereocenters. The van der Waals surface area contributed by atoms with Gasteiger partial charge in [0.25, 0.3) is 0 Å². The molecule has 9 heteroatoms. The predicted molar refractivity (Wildman–Crippen MR) is 149 cm³/mol. The summed E-state index contributed by atoms with van der Waals surface area (Å²) in [6.45, 7) is 6.21. The maximum absolute atomic E-state index is 14.5. The van der Waals surface area contributed by atoms with Gasteiger partial charge >= 0.3 is 5.97 Å². The molecule has 3 rings (SSSR count). The normalized spacial score (nSPS) is 13.5. The highest BCUT2D eigenvalue weighted by atomic mass is 19.1. The standard InChI is InChI=1S/C30H42FN3O5/c1-21(2)14-17-39-18-16-34(26(20-29(36)37)23-11-13-27(38-3)25(31)19-23)28(35)9-5-4-8-24-12-10-22-7-6-15-32-30(22)33-24/h10-13,19,21,26H,4-9,14-18,20H2,1-3H3,(H,32,33)(H,36,37)/t26-/m0/s1. The Hall–Kier alpha value is -3.20. The van der Waals surface area contributed by atoms with Crippen LogP contribution in [0, 0.1) is 11.7 Å². The number of nitrogens with zero attached hydrogens (tertiary/aromatic N) is 2. The summed E-state index contributed by atoms with van der Waals surface area (Å²) in [4.78, 5) is 31.5. The molecule has 0 aliphatic carbocycles. The van der Waals surface area contributed by atoms with Crippen molar-refractivity contribution in [1.29, 1.82) is 0 Å². The van der Waals surface area contributed by atoms with Crippen molar-refractivity contribution >= 4 is 17.7 Å². The second-order valence-corrected chi connectivity index (χ2v) is 10.4. The Morgan fingerprint density at radius 3 is 2.72 bits per heavy atom. The van der Waals surface area contributed by atoms with E-state index in [-0.39, 0.29) is 37.6 Å². The molecule has 2 N–H and O–H groups in total. The summed E-state index contributed by atoms with van der Waals surface area (Å²) < 4.78 is 25.3. The molecule has 214 valence electrons. The van der Waals surface area contributed by atoms with Gasteiger partial charge in [0, 0.05) is 31.8 Å². The second-order valence-electron chi connectivity index (χ2n) is 10.4. The Balaban J connectivity index is 1.67. The average molecular weight is 544 g/mol.